The molecule has 5 aromatic carbocycles. The molecule has 39 heavy (non-hydrogen) atoms. The highest BCUT2D eigenvalue weighted by molar-refractivity contribution is 7.26. The minimum absolute atomic E-state index is 0.744. The number of aromatic nitrogens is 1. The molecular formula is C35H23ClN2S. The number of para-hydroxylation sites is 1. The molecule has 0 radical (unpaired) electrons. The van der Waals surface area contributed by atoms with Crippen molar-refractivity contribution in [3.05, 3.63) is 145 Å². The van der Waals surface area contributed by atoms with Crippen LogP contribution in [-0.4, -0.2) is 4.98 Å². The molecule has 0 aliphatic carbocycles. The minimum Gasteiger partial charge on any atom is -0.309 e. The quantitative estimate of drug-likeness (QED) is 0.216. The summed E-state index contributed by atoms with van der Waals surface area (Å²) in [4.78, 5) is 7.34. The van der Waals surface area contributed by atoms with Crippen LogP contribution in [0.5, 0.6) is 0 Å². The normalized spacial score (nSPS) is 11.2. The summed E-state index contributed by atoms with van der Waals surface area (Å²) < 4.78 is 2.42. The van der Waals surface area contributed by atoms with Crippen LogP contribution in [0, 0.1) is 0 Å². The molecule has 0 aliphatic heterocycles. The van der Waals surface area contributed by atoms with E-state index in [0.717, 1.165) is 50.0 Å². The molecule has 0 fully saturated rings. The lowest BCUT2D eigenvalue weighted by molar-refractivity contribution is 1.25. The Morgan fingerprint density at radius 2 is 1.10 bits per heavy atom. The number of hydrogen-bond acceptors (Lipinski definition) is 3. The number of rotatable bonds is 5. The van der Waals surface area contributed by atoms with E-state index in [1.165, 1.54) is 14.8 Å². The molecule has 4 heteroatoms. The monoisotopic (exact) mass is 538 g/mol. The number of hydrogen-bond donors (Lipinski definition) is 0. The molecule has 0 N–H and O–H groups in total. The molecule has 0 saturated carbocycles. The molecule has 0 bridgehead atoms. The van der Waals surface area contributed by atoms with Gasteiger partial charge < -0.3 is 4.90 Å². The Morgan fingerprint density at radius 1 is 0.538 bits per heavy atom. The van der Waals surface area contributed by atoms with Crippen molar-refractivity contribution in [2.75, 3.05) is 4.90 Å². The van der Waals surface area contributed by atoms with E-state index < -0.39 is 0 Å². The van der Waals surface area contributed by atoms with E-state index in [-0.39, 0.29) is 0 Å². The highest BCUT2D eigenvalue weighted by Gasteiger charge is 2.21. The second kappa shape index (κ2) is 10.0. The number of halogens is 1. The largest absolute Gasteiger partial charge is 0.309 e. The predicted molar refractivity (Wildman–Crippen MR) is 168 cm³/mol. The standard InChI is InChI=1S/C35H23ClN2S/c36-35-31(20-21-33-34(35)28-18-10-11-19-32(28)39-33)38(26-16-8-3-9-17-26)27-22-29(24-12-4-1-5-13-24)37-30(23-27)25-14-6-2-7-15-25/h1-23H. The van der Waals surface area contributed by atoms with Crippen LogP contribution in [0.25, 0.3) is 42.7 Å². The van der Waals surface area contributed by atoms with Crippen LogP contribution in [-0.2, 0) is 0 Å². The van der Waals surface area contributed by atoms with Gasteiger partial charge in [0.1, 0.15) is 0 Å². The molecule has 0 spiro atoms. The average molecular weight is 539 g/mol. The molecule has 0 unspecified atom stereocenters. The third kappa shape index (κ3) is 4.36. The Bertz CT molecular complexity index is 1860. The Morgan fingerprint density at radius 3 is 1.74 bits per heavy atom. The fraction of sp³-hybridized carbons (Fsp3) is 0. The zero-order valence-electron chi connectivity index (χ0n) is 21.0. The van der Waals surface area contributed by atoms with Crippen LogP contribution in [0.2, 0.25) is 5.02 Å². The molecule has 186 valence electrons. The van der Waals surface area contributed by atoms with E-state index in [1.807, 2.05) is 42.5 Å². The molecular weight excluding hydrogens is 516 g/mol. The number of anilines is 3. The van der Waals surface area contributed by atoms with Gasteiger partial charge in [-0.05, 0) is 42.5 Å². The first kappa shape index (κ1) is 23.7. The zero-order valence-corrected chi connectivity index (χ0v) is 22.5. The highest BCUT2D eigenvalue weighted by Crippen LogP contribution is 2.47. The van der Waals surface area contributed by atoms with Crippen LogP contribution >= 0.6 is 22.9 Å². The molecule has 7 aromatic rings. The SMILES string of the molecule is Clc1c(N(c2ccccc2)c2cc(-c3ccccc3)nc(-c3ccccc3)c2)ccc2sc3ccccc3c12. The van der Waals surface area contributed by atoms with E-state index in [4.69, 9.17) is 16.6 Å². The predicted octanol–water partition coefficient (Wildman–Crippen LogP) is 10.9. The van der Waals surface area contributed by atoms with E-state index in [9.17, 15) is 0 Å². The summed E-state index contributed by atoms with van der Waals surface area (Å²) in [5, 5.41) is 3.02. The molecule has 0 amide bonds. The maximum atomic E-state index is 7.32. The van der Waals surface area contributed by atoms with Crippen LogP contribution in [0.3, 0.4) is 0 Å². The number of thiophene rings is 1. The van der Waals surface area contributed by atoms with Crippen LogP contribution < -0.4 is 4.90 Å². The zero-order chi connectivity index (χ0) is 26.2. The molecule has 2 heterocycles. The maximum Gasteiger partial charge on any atom is 0.0739 e. The lowest BCUT2D eigenvalue weighted by atomic mass is 10.1. The lowest BCUT2D eigenvalue weighted by Gasteiger charge is -2.27. The molecule has 2 nitrogen and oxygen atoms in total. The molecule has 0 aliphatic rings. The van der Waals surface area contributed by atoms with E-state index in [1.54, 1.807) is 11.3 Å². The van der Waals surface area contributed by atoms with Gasteiger partial charge in [-0.25, -0.2) is 4.98 Å². The first-order valence-electron chi connectivity index (χ1n) is 12.8. The van der Waals surface area contributed by atoms with Crippen molar-refractivity contribution >= 4 is 60.2 Å². The lowest BCUT2D eigenvalue weighted by Crippen LogP contribution is -2.11. The van der Waals surface area contributed by atoms with Gasteiger partial charge >= 0.3 is 0 Å². The summed E-state index contributed by atoms with van der Waals surface area (Å²) in [6, 6.07) is 48.2. The van der Waals surface area contributed by atoms with Gasteiger partial charge in [-0.1, -0.05) is 109 Å². The Hall–Kier alpha value is -4.44. The van der Waals surface area contributed by atoms with Crippen molar-refractivity contribution in [1.82, 2.24) is 4.98 Å². The fourth-order valence-corrected chi connectivity index (χ4v) is 6.62. The summed E-state index contributed by atoms with van der Waals surface area (Å²) in [6.45, 7) is 0. The number of nitrogens with zero attached hydrogens (tertiary/aromatic N) is 2. The Kier molecular flexibility index (Phi) is 6.08. The maximum absolute atomic E-state index is 7.32. The van der Waals surface area contributed by atoms with Crippen molar-refractivity contribution in [3.63, 3.8) is 0 Å². The van der Waals surface area contributed by atoms with Crippen molar-refractivity contribution in [2.45, 2.75) is 0 Å². The van der Waals surface area contributed by atoms with E-state index >= 15 is 0 Å². The van der Waals surface area contributed by atoms with Gasteiger partial charge in [0.25, 0.3) is 0 Å². The number of benzene rings is 5. The van der Waals surface area contributed by atoms with Crippen LogP contribution in [0.4, 0.5) is 17.1 Å². The Labute approximate surface area is 236 Å². The summed E-state index contributed by atoms with van der Waals surface area (Å²) in [5.41, 5.74) is 6.90. The first-order valence-corrected chi connectivity index (χ1v) is 14.0. The summed E-state index contributed by atoms with van der Waals surface area (Å²) in [5.74, 6) is 0. The van der Waals surface area contributed by atoms with Gasteiger partial charge in [0.15, 0.2) is 0 Å². The second-order valence-electron chi connectivity index (χ2n) is 9.37. The van der Waals surface area contributed by atoms with Crippen molar-refractivity contribution in [1.29, 1.82) is 0 Å². The van der Waals surface area contributed by atoms with Crippen molar-refractivity contribution < 1.29 is 0 Å². The van der Waals surface area contributed by atoms with Crippen LogP contribution in [0.15, 0.2) is 140 Å². The van der Waals surface area contributed by atoms with Crippen LogP contribution in [0.1, 0.15) is 0 Å². The van der Waals surface area contributed by atoms with Gasteiger partial charge in [-0.2, -0.15) is 0 Å². The van der Waals surface area contributed by atoms with Crippen molar-refractivity contribution in [2.24, 2.45) is 0 Å². The molecule has 0 saturated heterocycles. The Balaban J connectivity index is 1.51. The number of pyridine rings is 1. The van der Waals surface area contributed by atoms with Gasteiger partial charge in [0, 0.05) is 37.0 Å². The summed E-state index contributed by atoms with van der Waals surface area (Å²) in [6.07, 6.45) is 0. The average Bonchev–Trinajstić information content (AvgIpc) is 3.39. The van der Waals surface area contributed by atoms with Gasteiger partial charge in [-0.15, -0.1) is 11.3 Å². The second-order valence-corrected chi connectivity index (χ2v) is 10.8. The topological polar surface area (TPSA) is 16.1 Å². The molecule has 2 aromatic heterocycles. The smallest absolute Gasteiger partial charge is 0.0739 e. The van der Waals surface area contributed by atoms with Crippen molar-refractivity contribution in [3.8, 4) is 22.5 Å². The van der Waals surface area contributed by atoms with Gasteiger partial charge in [0.05, 0.1) is 27.8 Å². The summed E-state index contributed by atoms with van der Waals surface area (Å²) in [7, 11) is 0. The van der Waals surface area contributed by atoms with E-state index in [0.29, 0.717) is 0 Å². The van der Waals surface area contributed by atoms with Gasteiger partial charge in [-0.3, -0.25) is 0 Å². The first-order chi connectivity index (χ1) is 19.3. The fourth-order valence-electron chi connectivity index (χ4n) is 5.10. The third-order valence-electron chi connectivity index (χ3n) is 6.92. The van der Waals surface area contributed by atoms with Gasteiger partial charge in [0.2, 0.25) is 0 Å². The molecule has 7 rings (SSSR count). The minimum atomic E-state index is 0.744. The summed E-state index contributed by atoms with van der Waals surface area (Å²) >= 11 is 9.09. The molecule has 0 atom stereocenters. The third-order valence-corrected chi connectivity index (χ3v) is 8.44. The number of fused-ring (bicyclic) bond motifs is 3. The van der Waals surface area contributed by atoms with E-state index in [2.05, 4.69) is 102 Å². The highest BCUT2D eigenvalue weighted by atomic mass is 35.5.